The van der Waals surface area contributed by atoms with Gasteiger partial charge in [0.2, 0.25) is 11.7 Å². The standard InChI is InChI=1S/C12H14BrN3OS/c13-8-5-10(18-7-8)12-15-11(17-16-12)6-14-9-3-1-2-4-9/h5,7,9,14H,1-4,6H2. The van der Waals surface area contributed by atoms with Crippen LogP contribution in [0.2, 0.25) is 0 Å². The lowest BCUT2D eigenvalue weighted by molar-refractivity contribution is 0.357. The molecule has 3 rings (SSSR count). The van der Waals surface area contributed by atoms with Crippen LogP contribution in [0.3, 0.4) is 0 Å². The van der Waals surface area contributed by atoms with Crippen molar-refractivity contribution < 1.29 is 4.52 Å². The summed E-state index contributed by atoms with van der Waals surface area (Å²) in [7, 11) is 0. The van der Waals surface area contributed by atoms with Crippen LogP contribution in [0.25, 0.3) is 10.7 Å². The Labute approximate surface area is 118 Å². The van der Waals surface area contributed by atoms with Crippen molar-refractivity contribution in [3.05, 3.63) is 21.8 Å². The molecule has 0 amide bonds. The lowest BCUT2D eigenvalue weighted by atomic mass is 10.2. The fourth-order valence-electron chi connectivity index (χ4n) is 2.22. The van der Waals surface area contributed by atoms with Crippen LogP contribution in [0.1, 0.15) is 31.6 Å². The van der Waals surface area contributed by atoms with E-state index in [-0.39, 0.29) is 0 Å². The second-order valence-electron chi connectivity index (χ2n) is 4.50. The molecule has 0 aliphatic heterocycles. The maximum absolute atomic E-state index is 5.26. The molecule has 1 fully saturated rings. The molecule has 0 radical (unpaired) electrons. The summed E-state index contributed by atoms with van der Waals surface area (Å²) in [5.41, 5.74) is 0. The molecular weight excluding hydrogens is 314 g/mol. The molecule has 2 aromatic heterocycles. The Kier molecular flexibility index (Phi) is 3.77. The zero-order valence-corrected chi connectivity index (χ0v) is 12.3. The van der Waals surface area contributed by atoms with E-state index in [0.717, 1.165) is 9.35 Å². The summed E-state index contributed by atoms with van der Waals surface area (Å²) in [6.45, 7) is 0.671. The minimum atomic E-state index is 0.622. The van der Waals surface area contributed by atoms with Crippen LogP contribution >= 0.6 is 27.3 Å². The summed E-state index contributed by atoms with van der Waals surface area (Å²) in [5.74, 6) is 1.34. The van der Waals surface area contributed by atoms with Crippen LogP contribution < -0.4 is 5.32 Å². The highest BCUT2D eigenvalue weighted by molar-refractivity contribution is 9.10. The molecule has 0 saturated heterocycles. The molecule has 4 nitrogen and oxygen atoms in total. The van der Waals surface area contributed by atoms with Gasteiger partial charge in [-0.15, -0.1) is 11.3 Å². The summed E-state index contributed by atoms with van der Waals surface area (Å²) >= 11 is 5.03. The second kappa shape index (κ2) is 5.50. The summed E-state index contributed by atoms with van der Waals surface area (Å²) in [4.78, 5) is 5.43. The largest absolute Gasteiger partial charge is 0.338 e. The number of nitrogens with one attached hydrogen (secondary N) is 1. The van der Waals surface area contributed by atoms with Crippen LogP contribution in [0.5, 0.6) is 0 Å². The Morgan fingerprint density at radius 1 is 1.44 bits per heavy atom. The first-order chi connectivity index (χ1) is 8.81. The van der Waals surface area contributed by atoms with Gasteiger partial charge in [-0.2, -0.15) is 4.98 Å². The third-order valence-electron chi connectivity index (χ3n) is 3.15. The van der Waals surface area contributed by atoms with Crippen LogP contribution in [0, 0.1) is 0 Å². The van der Waals surface area contributed by atoms with E-state index in [9.17, 15) is 0 Å². The third-order valence-corrected chi connectivity index (χ3v) is 4.84. The maximum Gasteiger partial charge on any atom is 0.240 e. The average Bonchev–Trinajstić information content (AvgIpc) is 3.07. The van der Waals surface area contributed by atoms with Crippen molar-refractivity contribution in [2.45, 2.75) is 38.3 Å². The summed E-state index contributed by atoms with van der Waals surface area (Å²) < 4.78 is 6.31. The number of hydrogen-bond acceptors (Lipinski definition) is 5. The molecule has 0 spiro atoms. The molecule has 0 atom stereocenters. The van der Waals surface area contributed by atoms with Gasteiger partial charge in [0, 0.05) is 15.9 Å². The van der Waals surface area contributed by atoms with Gasteiger partial charge >= 0.3 is 0 Å². The van der Waals surface area contributed by atoms with E-state index < -0.39 is 0 Å². The van der Waals surface area contributed by atoms with Gasteiger partial charge in [0.1, 0.15) is 0 Å². The highest BCUT2D eigenvalue weighted by Crippen LogP contribution is 2.27. The van der Waals surface area contributed by atoms with Gasteiger partial charge < -0.3 is 9.84 Å². The Morgan fingerprint density at radius 2 is 2.28 bits per heavy atom. The quantitative estimate of drug-likeness (QED) is 0.932. The molecule has 96 valence electrons. The maximum atomic E-state index is 5.26. The van der Waals surface area contributed by atoms with E-state index in [1.54, 1.807) is 11.3 Å². The van der Waals surface area contributed by atoms with Gasteiger partial charge in [0.15, 0.2) is 0 Å². The zero-order valence-electron chi connectivity index (χ0n) is 9.86. The highest BCUT2D eigenvalue weighted by atomic mass is 79.9. The summed E-state index contributed by atoms with van der Waals surface area (Å²) in [6.07, 6.45) is 5.18. The lowest BCUT2D eigenvalue weighted by Gasteiger charge is -2.08. The number of halogens is 1. The minimum Gasteiger partial charge on any atom is -0.338 e. The minimum absolute atomic E-state index is 0.622. The molecule has 0 aromatic carbocycles. The molecule has 1 aliphatic carbocycles. The number of rotatable bonds is 4. The van der Waals surface area contributed by atoms with E-state index in [1.807, 2.05) is 11.4 Å². The van der Waals surface area contributed by atoms with E-state index >= 15 is 0 Å². The monoisotopic (exact) mass is 327 g/mol. The smallest absolute Gasteiger partial charge is 0.240 e. The normalized spacial score (nSPS) is 16.5. The molecule has 18 heavy (non-hydrogen) atoms. The Bertz CT molecular complexity index is 519. The number of thiophene rings is 1. The Morgan fingerprint density at radius 3 is 3.00 bits per heavy atom. The fourth-order valence-corrected chi connectivity index (χ4v) is 3.57. The fraction of sp³-hybridized carbons (Fsp3) is 0.500. The van der Waals surface area contributed by atoms with Gasteiger partial charge in [0.05, 0.1) is 11.4 Å². The van der Waals surface area contributed by atoms with E-state index in [1.165, 1.54) is 25.7 Å². The molecule has 0 unspecified atom stereocenters. The molecule has 2 aromatic rings. The molecule has 1 saturated carbocycles. The van der Waals surface area contributed by atoms with E-state index in [4.69, 9.17) is 4.52 Å². The Hall–Kier alpha value is -0.720. The Balaban J connectivity index is 1.62. The van der Waals surface area contributed by atoms with Gasteiger partial charge in [-0.05, 0) is 34.8 Å². The summed E-state index contributed by atoms with van der Waals surface area (Å²) in [5, 5.41) is 9.49. The molecule has 2 heterocycles. The molecule has 0 bridgehead atoms. The van der Waals surface area contributed by atoms with Crippen molar-refractivity contribution in [2.75, 3.05) is 0 Å². The predicted molar refractivity (Wildman–Crippen MR) is 74.4 cm³/mol. The van der Waals surface area contributed by atoms with Gasteiger partial charge in [0.25, 0.3) is 0 Å². The average molecular weight is 328 g/mol. The van der Waals surface area contributed by atoms with E-state index in [0.29, 0.717) is 24.3 Å². The topological polar surface area (TPSA) is 51.0 Å². The first-order valence-corrected chi connectivity index (χ1v) is 7.79. The van der Waals surface area contributed by atoms with Crippen molar-refractivity contribution >= 4 is 27.3 Å². The zero-order chi connectivity index (χ0) is 12.4. The SMILES string of the molecule is Brc1csc(-c2noc(CNC3CCCC3)n2)c1. The lowest BCUT2D eigenvalue weighted by Crippen LogP contribution is -2.25. The molecule has 1 N–H and O–H groups in total. The van der Waals surface area contributed by atoms with Gasteiger partial charge in [-0.1, -0.05) is 18.0 Å². The van der Waals surface area contributed by atoms with Gasteiger partial charge in [-0.3, -0.25) is 0 Å². The molecular formula is C12H14BrN3OS. The van der Waals surface area contributed by atoms with Crippen LogP contribution in [-0.2, 0) is 6.54 Å². The highest BCUT2D eigenvalue weighted by Gasteiger charge is 2.16. The first kappa shape index (κ1) is 12.3. The van der Waals surface area contributed by atoms with Crippen LogP contribution in [-0.4, -0.2) is 16.2 Å². The predicted octanol–water partition coefficient (Wildman–Crippen LogP) is 3.59. The molecule has 6 heteroatoms. The number of nitrogens with zero attached hydrogens (tertiary/aromatic N) is 2. The van der Waals surface area contributed by atoms with Crippen molar-refractivity contribution in [3.8, 4) is 10.7 Å². The van der Waals surface area contributed by atoms with Crippen molar-refractivity contribution in [1.82, 2.24) is 15.5 Å². The van der Waals surface area contributed by atoms with Gasteiger partial charge in [-0.25, -0.2) is 0 Å². The van der Waals surface area contributed by atoms with Crippen LogP contribution in [0.4, 0.5) is 0 Å². The van der Waals surface area contributed by atoms with Crippen molar-refractivity contribution in [3.63, 3.8) is 0 Å². The second-order valence-corrected chi connectivity index (χ2v) is 6.33. The number of hydrogen-bond donors (Lipinski definition) is 1. The van der Waals surface area contributed by atoms with Crippen LogP contribution in [0.15, 0.2) is 20.4 Å². The van der Waals surface area contributed by atoms with Crippen molar-refractivity contribution in [1.29, 1.82) is 0 Å². The van der Waals surface area contributed by atoms with Crippen molar-refractivity contribution in [2.24, 2.45) is 0 Å². The third kappa shape index (κ3) is 2.81. The molecule has 1 aliphatic rings. The van der Waals surface area contributed by atoms with E-state index in [2.05, 4.69) is 31.4 Å². The number of aromatic nitrogens is 2. The first-order valence-electron chi connectivity index (χ1n) is 6.11. The summed E-state index contributed by atoms with van der Waals surface area (Å²) in [6, 6.07) is 2.63.